The highest BCUT2D eigenvalue weighted by Gasteiger charge is 2.13. The molecule has 3 rings (SSSR count). The van der Waals surface area contributed by atoms with E-state index in [9.17, 15) is 19.8 Å². The molecule has 0 radical (unpaired) electrons. The van der Waals surface area contributed by atoms with Gasteiger partial charge in [0.2, 0.25) is 0 Å². The molecule has 5 nitrogen and oxygen atoms in total. The summed E-state index contributed by atoms with van der Waals surface area (Å²) < 4.78 is 19.3. The molecule has 0 fully saturated rings. The van der Waals surface area contributed by atoms with Gasteiger partial charge in [-0.25, -0.2) is 4.39 Å². The van der Waals surface area contributed by atoms with Crippen LogP contribution < -0.4 is 4.74 Å². The summed E-state index contributed by atoms with van der Waals surface area (Å²) in [6.45, 7) is -0.0571. The van der Waals surface area contributed by atoms with Gasteiger partial charge < -0.3 is 4.74 Å². The third-order valence-corrected chi connectivity index (χ3v) is 4.71. The van der Waals surface area contributed by atoms with Crippen LogP contribution >= 0.6 is 23.2 Å². The van der Waals surface area contributed by atoms with Gasteiger partial charge in [-0.05, 0) is 35.4 Å². The van der Waals surface area contributed by atoms with Crippen LogP contribution in [0.5, 0.6) is 5.75 Å². The third-order valence-electron chi connectivity index (χ3n) is 4.15. The van der Waals surface area contributed by atoms with E-state index in [2.05, 4.69) is 0 Å². The number of non-ortho nitro benzene ring substituents is 1. The second-order valence-corrected chi connectivity index (χ2v) is 6.99. The van der Waals surface area contributed by atoms with E-state index in [1.165, 1.54) is 30.3 Å². The molecule has 0 aliphatic rings. The Morgan fingerprint density at radius 2 is 1.83 bits per heavy atom. The van der Waals surface area contributed by atoms with Gasteiger partial charge in [-0.2, -0.15) is 5.26 Å². The number of nitro groups is 1. The first-order valence-electron chi connectivity index (χ1n) is 8.61. The lowest BCUT2D eigenvalue weighted by Crippen LogP contribution is -1.99. The molecule has 0 unspecified atom stereocenters. The lowest BCUT2D eigenvalue weighted by Gasteiger charge is -2.11. The van der Waals surface area contributed by atoms with Crippen LogP contribution in [0.1, 0.15) is 16.7 Å². The van der Waals surface area contributed by atoms with Crippen molar-refractivity contribution in [2.24, 2.45) is 0 Å². The van der Waals surface area contributed by atoms with Crippen molar-refractivity contribution in [2.75, 3.05) is 0 Å². The normalized spacial score (nSPS) is 11.1. The highest BCUT2D eigenvalue weighted by atomic mass is 35.5. The maximum Gasteiger partial charge on any atom is 0.270 e. The lowest BCUT2D eigenvalue weighted by atomic mass is 10.0. The van der Waals surface area contributed by atoms with Gasteiger partial charge in [0.1, 0.15) is 12.4 Å². The highest BCUT2D eigenvalue weighted by molar-refractivity contribution is 6.37. The molecule has 0 spiro atoms. The molecule has 0 N–H and O–H groups in total. The quantitative estimate of drug-likeness (QED) is 0.184. The van der Waals surface area contributed by atoms with Crippen LogP contribution in [0, 0.1) is 27.3 Å². The van der Waals surface area contributed by atoms with Crippen molar-refractivity contribution in [1.29, 1.82) is 5.26 Å². The van der Waals surface area contributed by atoms with Gasteiger partial charge in [0, 0.05) is 17.7 Å². The van der Waals surface area contributed by atoms with Gasteiger partial charge in [-0.3, -0.25) is 10.1 Å². The van der Waals surface area contributed by atoms with Crippen LogP contribution in [-0.2, 0) is 6.61 Å². The third kappa shape index (κ3) is 4.95. The molecule has 0 atom stereocenters. The van der Waals surface area contributed by atoms with Gasteiger partial charge >= 0.3 is 0 Å². The van der Waals surface area contributed by atoms with E-state index in [4.69, 9.17) is 27.9 Å². The molecule has 3 aromatic rings. The first-order valence-corrected chi connectivity index (χ1v) is 9.36. The Labute approximate surface area is 181 Å². The summed E-state index contributed by atoms with van der Waals surface area (Å²) in [5.74, 6) is -0.215. The predicted molar refractivity (Wildman–Crippen MR) is 114 cm³/mol. The number of benzene rings is 3. The molecule has 0 aromatic heterocycles. The Hall–Kier alpha value is -3.40. The van der Waals surface area contributed by atoms with E-state index in [1.54, 1.807) is 36.4 Å². The van der Waals surface area contributed by atoms with Crippen molar-refractivity contribution in [2.45, 2.75) is 6.61 Å². The fourth-order valence-corrected chi connectivity index (χ4v) is 3.31. The maximum absolute atomic E-state index is 13.8. The van der Waals surface area contributed by atoms with Crippen molar-refractivity contribution in [3.63, 3.8) is 0 Å². The first-order chi connectivity index (χ1) is 14.4. The van der Waals surface area contributed by atoms with Crippen molar-refractivity contribution >= 4 is 40.5 Å². The molecule has 0 saturated heterocycles. The molecular formula is C22H13Cl2FN2O3. The van der Waals surface area contributed by atoms with Crippen LogP contribution in [0.3, 0.4) is 0 Å². The number of allylic oxidation sites excluding steroid dienone is 1. The summed E-state index contributed by atoms with van der Waals surface area (Å²) in [7, 11) is 0. The molecule has 3 aromatic carbocycles. The topological polar surface area (TPSA) is 76.2 Å². The number of ether oxygens (including phenoxy) is 1. The van der Waals surface area contributed by atoms with Crippen LogP contribution in [0.15, 0.2) is 60.7 Å². The largest absolute Gasteiger partial charge is 0.486 e. The second kappa shape index (κ2) is 9.40. The predicted octanol–water partition coefficient (Wildman–Crippen LogP) is 6.68. The first kappa shape index (κ1) is 21.3. The number of hydrogen-bond donors (Lipinski definition) is 0. The van der Waals surface area contributed by atoms with Crippen molar-refractivity contribution in [1.82, 2.24) is 0 Å². The van der Waals surface area contributed by atoms with E-state index in [1.807, 2.05) is 6.07 Å². The zero-order valence-corrected chi connectivity index (χ0v) is 16.8. The molecule has 8 heteroatoms. The fraction of sp³-hybridized carbons (Fsp3) is 0.0455. The monoisotopic (exact) mass is 442 g/mol. The number of halogens is 3. The molecule has 0 saturated carbocycles. The summed E-state index contributed by atoms with van der Waals surface area (Å²) in [5, 5.41) is 20.8. The SMILES string of the molecule is N#CC(=Cc1cc(Cl)c(OCc2ccccc2F)c(Cl)c1)c1cccc([N+](=O)[O-])c1. The Morgan fingerprint density at radius 3 is 2.47 bits per heavy atom. The summed E-state index contributed by atoms with van der Waals surface area (Å²) in [6.07, 6.45) is 1.51. The minimum atomic E-state index is -0.534. The molecular weight excluding hydrogens is 430 g/mol. The smallest absolute Gasteiger partial charge is 0.270 e. The van der Waals surface area contributed by atoms with Crippen LogP contribution in [0.4, 0.5) is 10.1 Å². The minimum absolute atomic E-state index is 0.0571. The van der Waals surface area contributed by atoms with E-state index < -0.39 is 10.7 Å². The molecule has 0 bridgehead atoms. The summed E-state index contributed by atoms with van der Waals surface area (Å²) in [4.78, 5) is 10.4. The number of nitriles is 1. The number of nitrogens with zero attached hydrogens (tertiary/aromatic N) is 2. The summed E-state index contributed by atoms with van der Waals surface area (Å²) in [6, 6.07) is 17.0. The minimum Gasteiger partial charge on any atom is -0.486 e. The van der Waals surface area contributed by atoms with E-state index in [0.29, 0.717) is 16.7 Å². The zero-order valence-electron chi connectivity index (χ0n) is 15.3. The highest BCUT2D eigenvalue weighted by Crippen LogP contribution is 2.36. The van der Waals surface area contributed by atoms with Crippen LogP contribution in [-0.4, -0.2) is 4.92 Å². The molecule has 0 amide bonds. The van der Waals surface area contributed by atoms with Gasteiger partial charge in [-0.1, -0.05) is 53.5 Å². The van der Waals surface area contributed by atoms with Crippen LogP contribution in [0.25, 0.3) is 11.6 Å². The zero-order chi connectivity index (χ0) is 21.7. The second-order valence-electron chi connectivity index (χ2n) is 6.17. The Bertz CT molecular complexity index is 1170. The average molecular weight is 443 g/mol. The maximum atomic E-state index is 13.8. The standard InChI is InChI=1S/C22H13Cl2FN2O3/c23-19-9-14(8-17(12-26)15-5-3-6-18(11-15)27(28)29)10-20(24)22(19)30-13-16-4-1-2-7-21(16)25/h1-11H,13H2. The van der Waals surface area contributed by atoms with Gasteiger partial charge in [0.15, 0.2) is 5.75 Å². The molecule has 150 valence electrons. The van der Waals surface area contributed by atoms with Crippen molar-refractivity contribution in [3.8, 4) is 11.8 Å². The number of hydrogen-bond acceptors (Lipinski definition) is 4. The molecule has 0 aliphatic heterocycles. The number of rotatable bonds is 6. The lowest BCUT2D eigenvalue weighted by molar-refractivity contribution is -0.384. The van der Waals surface area contributed by atoms with E-state index in [-0.39, 0.29) is 33.7 Å². The van der Waals surface area contributed by atoms with Gasteiger partial charge in [0.25, 0.3) is 5.69 Å². The molecule has 30 heavy (non-hydrogen) atoms. The van der Waals surface area contributed by atoms with E-state index >= 15 is 0 Å². The Kier molecular flexibility index (Phi) is 6.68. The fourth-order valence-electron chi connectivity index (χ4n) is 2.70. The average Bonchev–Trinajstić information content (AvgIpc) is 2.72. The summed E-state index contributed by atoms with van der Waals surface area (Å²) in [5.41, 5.74) is 1.32. The van der Waals surface area contributed by atoms with Crippen molar-refractivity contribution in [3.05, 3.63) is 103 Å². The van der Waals surface area contributed by atoms with E-state index in [0.717, 1.165) is 0 Å². The number of nitro benzene ring substituents is 1. The Morgan fingerprint density at radius 1 is 1.13 bits per heavy atom. The van der Waals surface area contributed by atoms with Crippen molar-refractivity contribution < 1.29 is 14.1 Å². The van der Waals surface area contributed by atoms with Gasteiger partial charge in [-0.15, -0.1) is 0 Å². The molecule has 0 heterocycles. The van der Waals surface area contributed by atoms with Gasteiger partial charge in [0.05, 0.1) is 26.6 Å². The van der Waals surface area contributed by atoms with Crippen LogP contribution in [0.2, 0.25) is 10.0 Å². The summed E-state index contributed by atoms with van der Waals surface area (Å²) >= 11 is 12.6. The Balaban J connectivity index is 1.88. The molecule has 0 aliphatic carbocycles.